The summed E-state index contributed by atoms with van der Waals surface area (Å²) in [4.78, 5) is 13.7. The van der Waals surface area contributed by atoms with Gasteiger partial charge in [0, 0.05) is 18.0 Å². The van der Waals surface area contributed by atoms with Crippen LogP contribution < -0.4 is 4.74 Å². The van der Waals surface area contributed by atoms with Gasteiger partial charge in [0.05, 0.1) is 11.0 Å². The smallest absolute Gasteiger partial charge is 0.410 e. The lowest BCUT2D eigenvalue weighted by atomic mass is 10.2. The first-order valence-corrected chi connectivity index (χ1v) is 8.01. The van der Waals surface area contributed by atoms with Crippen LogP contribution >= 0.6 is 27.5 Å². The first-order chi connectivity index (χ1) is 9.74. The molecule has 0 bridgehead atoms. The number of nitrogens with zero attached hydrogens (tertiary/aromatic N) is 1. The van der Waals surface area contributed by atoms with Gasteiger partial charge in [0.25, 0.3) is 0 Å². The number of benzene rings is 1. The third-order valence-electron chi connectivity index (χ3n) is 2.98. The molecule has 1 aliphatic heterocycles. The normalized spacial score (nSPS) is 18.7. The van der Waals surface area contributed by atoms with Gasteiger partial charge in [0.15, 0.2) is 0 Å². The zero-order valence-electron chi connectivity index (χ0n) is 12.4. The Labute approximate surface area is 138 Å². The lowest BCUT2D eigenvalue weighted by Crippen LogP contribution is -2.36. The van der Waals surface area contributed by atoms with Crippen molar-refractivity contribution in [2.45, 2.75) is 38.9 Å². The minimum atomic E-state index is -0.480. The Kier molecular flexibility index (Phi) is 5.04. The van der Waals surface area contributed by atoms with Crippen LogP contribution in [0.2, 0.25) is 5.02 Å². The zero-order valence-corrected chi connectivity index (χ0v) is 14.7. The average Bonchev–Trinajstić information content (AvgIpc) is 2.80. The standard InChI is InChI=1S/C15H19BrClNO3/c1-15(2,3)21-14(19)18-7-6-11(9-18)20-13-8-10(17)4-5-12(13)16/h4-5,8,11H,6-7,9H2,1-3H3/t11-/m0/s1. The minimum Gasteiger partial charge on any atom is -0.487 e. The largest absolute Gasteiger partial charge is 0.487 e. The van der Waals surface area contributed by atoms with Gasteiger partial charge in [-0.2, -0.15) is 0 Å². The van der Waals surface area contributed by atoms with Crippen LogP contribution in [0.5, 0.6) is 5.75 Å². The van der Waals surface area contributed by atoms with E-state index in [9.17, 15) is 4.79 Å². The highest BCUT2D eigenvalue weighted by atomic mass is 79.9. The molecular formula is C15H19BrClNO3. The van der Waals surface area contributed by atoms with Gasteiger partial charge >= 0.3 is 6.09 Å². The molecule has 0 N–H and O–H groups in total. The van der Waals surface area contributed by atoms with E-state index in [0.29, 0.717) is 23.9 Å². The SMILES string of the molecule is CC(C)(C)OC(=O)N1CC[C@H](Oc2cc(Cl)ccc2Br)C1. The van der Waals surface area contributed by atoms with Gasteiger partial charge in [-0.25, -0.2) is 4.79 Å². The zero-order chi connectivity index (χ0) is 15.6. The van der Waals surface area contributed by atoms with Crippen molar-refractivity contribution < 1.29 is 14.3 Å². The number of hydrogen-bond acceptors (Lipinski definition) is 3. The maximum atomic E-state index is 12.0. The van der Waals surface area contributed by atoms with Crippen molar-refractivity contribution in [3.05, 3.63) is 27.7 Å². The van der Waals surface area contributed by atoms with Crippen LogP contribution in [0.3, 0.4) is 0 Å². The lowest BCUT2D eigenvalue weighted by Gasteiger charge is -2.24. The molecule has 2 rings (SSSR count). The van der Waals surface area contributed by atoms with Gasteiger partial charge in [-0.15, -0.1) is 0 Å². The molecule has 6 heteroatoms. The van der Waals surface area contributed by atoms with E-state index in [4.69, 9.17) is 21.1 Å². The Hall–Kier alpha value is -0.940. The van der Waals surface area contributed by atoms with Crippen molar-refractivity contribution in [3.8, 4) is 5.75 Å². The van der Waals surface area contributed by atoms with Crippen molar-refractivity contribution >= 4 is 33.6 Å². The Morgan fingerprint density at radius 1 is 1.43 bits per heavy atom. The molecule has 0 unspecified atom stereocenters. The molecule has 4 nitrogen and oxygen atoms in total. The Morgan fingerprint density at radius 2 is 2.14 bits per heavy atom. The van der Waals surface area contributed by atoms with Gasteiger partial charge in [0.2, 0.25) is 0 Å². The van der Waals surface area contributed by atoms with Crippen molar-refractivity contribution in [2.75, 3.05) is 13.1 Å². The first-order valence-electron chi connectivity index (χ1n) is 6.84. The third-order valence-corrected chi connectivity index (χ3v) is 3.87. The Morgan fingerprint density at radius 3 is 2.81 bits per heavy atom. The molecular weight excluding hydrogens is 358 g/mol. The van der Waals surface area contributed by atoms with E-state index in [1.807, 2.05) is 26.8 Å². The molecule has 1 aromatic carbocycles. The predicted octanol–water partition coefficient (Wildman–Crippen LogP) is 4.49. The summed E-state index contributed by atoms with van der Waals surface area (Å²) in [7, 11) is 0. The average molecular weight is 377 g/mol. The summed E-state index contributed by atoms with van der Waals surface area (Å²) in [5, 5.41) is 0.621. The highest BCUT2D eigenvalue weighted by Crippen LogP contribution is 2.30. The van der Waals surface area contributed by atoms with Gasteiger partial charge in [-0.3, -0.25) is 0 Å². The molecule has 1 aromatic rings. The number of rotatable bonds is 2. The number of likely N-dealkylation sites (tertiary alicyclic amines) is 1. The van der Waals surface area contributed by atoms with E-state index < -0.39 is 5.60 Å². The van der Waals surface area contributed by atoms with Crippen molar-refractivity contribution in [1.82, 2.24) is 4.90 Å². The third kappa shape index (κ3) is 4.78. The second-order valence-electron chi connectivity index (χ2n) is 6.03. The highest BCUT2D eigenvalue weighted by Gasteiger charge is 2.31. The summed E-state index contributed by atoms with van der Waals surface area (Å²) in [6.07, 6.45) is 0.434. The molecule has 116 valence electrons. The second-order valence-corrected chi connectivity index (χ2v) is 7.32. The van der Waals surface area contributed by atoms with Crippen LogP contribution in [0.25, 0.3) is 0 Å². The van der Waals surface area contributed by atoms with Gasteiger partial charge < -0.3 is 14.4 Å². The molecule has 1 fully saturated rings. The van der Waals surface area contributed by atoms with Crippen molar-refractivity contribution in [1.29, 1.82) is 0 Å². The van der Waals surface area contributed by atoms with E-state index in [1.54, 1.807) is 17.0 Å². The molecule has 0 saturated carbocycles. The molecule has 1 saturated heterocycles. The van der Waals surface area contributed by atoms with Gasteiger partial charge in [0.1, 0.15) is 17.5 Å². The van der Waals surface area contributed by atoms with E-state index in [1.165, 1.54) is 0 Å². The van der Waals surface area contributed by atoms with Gasteiger partial charge in [-0.1, -0.05) is 11.6 Å². The Balaban J connectivity index is 1.93. The predicted molar refractivity (Wildman–Crippen MR) is 86.0 cm³/mol. The van der Waals surface area contributed by atoms with Gasteiger partial charge in [-0.05, 0) is 54.9 Å². The van der Waals surface area contributed by atoms with Crippen LogP contribution in [-0.4, -0.2) is 35.8 Å². The summed E-state index contributed by atoms with van der Waals surface area (Å²) in [6, 6.07) is 5.40. The topological polar surface area (TPSA) is 38.8 Å². The van der Waals surface area contributed by atoms with Crippen molar-refractivity contribution in [2.24, 2.45) is 0 Å². The maximum Gasteiger partial charge on any atom is 0.410 e. The van der Waals surface area contributed by atoms with Crippen molar-refractivity contribution in [3.63, 3.8) is 0 Å². The fraction of sp³-hybridized carbons (Fsp3) is 0.533. The molecule has 0 aliphatic carbocycles. The fourth-order valence-corrected chi connectivity index (χ4v) is 2.57. The maximum absolute atomic E-state index is 12.0. The number of hydrogen-bond donors (Lipinski definition) is 0. The number of ether oxygens (including phenoxy) is 2. The molecule has 1 amide bonds. The molecule has 1 atom stereocenters. The molecule has 0 spiro atoms. The minimum absolute atomic E-state index is 0.0488. The van der Waals surface area contributed by atoms with E-state index in [-0.39, 0.29) is 12.2 Å². The fourth-order valence-electron chi connectivity index (χ4n) is 2.06. The molecule has 1 aliphatic rings. The van der Waals surface area contributed by atoms with Crippen LogP contribution in [0.15, 0.2) is 22.7 Å². The number of carbonyl (C=O) groups excluding carboxylic acids is 1. The summed E-state index contributed by atoms with van der Waals surface area (Å²) in [5.74, 6) is 0.693. The van der Waals surface area contributed by atoms with Crippen LogP contribution in [0, 0.1) is 0 Å². The van der Waals surface area contributed by atoms with E-state index in [0.717, 1.165) is 10.9 Å². The number of carbonyl (C=O) groups is 1. The molecule has 21 heavy (non-hydrogen) atoms. The van der Waals surface area contributed by atoms with Crippen LogP contribution in [0.4, 0.5) is 4.79 Å². The summed E-state index contributed by atoms with van der Waals surface area (Å²) in [6.45, 7) is 6.74. The first kappa shape index (κ1) is 16.4. The molecule has 0 radical (unpaired) electrons. The number of halogens is 2. The van der Waals surface area contributed by atoms with E-state index in [2.05, 4.69) is 15.9 Å². The number of amides is 1. The quantitative estimate of drug-likeness (QED) is 0.763. The Bertz CT molecular complexity index is 530. The lowest BCUT2D eigenvalue weighted by molar-refractivity contribution is 0.0275. The molecule has 0 aromatic heterocycles. The second kappa shape index (κ2) is 6.44. The monoisotopic (exact) mass is 375 g/mol. The summed E-state index contributed by atoms with van der Waals surface area (Å²) >= 11 is 9.40. The molecule has 1 heterocycles. The summed E-state index contributed by atoms with van der Waals surface area (Å²) < 4.78 is 12.1. The highest BCUT2D eigenvalue weighted by molar-refractivity contribution is 9.10. The van der Waals surface area contributed by atoms with E-state index >= 15 is 0 Å². The summed E-state index contributed by atoms with van der Waals surface area (Å²) in [5.41, 5.74) is -0.480. The van der Waals surface area contributed by atoms with Crippen LogP contribution in [0.1, 0.15) is 27.2 Å². The van der Waals surface area contributed by atoms with Crippen LogP contribution in [-0.2, 0) is 4.74 Å².